The zero-order valence-electron chi connectivity index (χ0n) is 11.1. The predicted molar refractivity (Wildman–Crippen MR) is 77.7 cm³/mol. The first-order valence-corrected chi connectivity index (χ1v) is 7.12. The van der Waals surface area contributed by atoms with E-state index in [1.165, 1.54) is 0 Å². The number of nitrogens with one attached hydrogen (secondary N) is 1. The fraction of sp³-hybridized carbons (Fsp3) is 0.357. The van der Waals surface area contributed by atoms with Crippen LogP contribution in [0.3, 0.4) is 0 Å². The van der Waals surface area contributed by atoms with Crippen LogP contribution in [0.1, 0.15) is 23.2 Å². The first-order chi connectivity index (χ1) is 9.22. The van der Waals surface area contributed by atoms with Crippen LogP contribution in [-0.4, -0.2) is 16.7 Å². The molecule has 1 aromatic heterocycles. The van der Waals surface area contributed by atoms with Gasteiger partial charge in [0.2, 0.25) is 0 Å². The van der Waals surface area contributed by atoms with Crippen LogP contribution in [0.4, 0.5) is 5.69 Å². The van der Waals surface area contributed by atoms with E-state index >= 15 is 0 Å². The molecule has 0 aliphatic rings. The van der Waals surface area contributed by atoms with Crippen molar-refractivity contribution < 1.29 is 9.84 Å². The minimum absolute atomic E-state index is 0.0266. The van der Waals surface area contributed by atoms with Crippen molar-refractivity contribution in [3.05, 3.63) is 39.8 Å². The standard InChI is InChI=1S/C14H18N2O2S/c1-3-18-13-5-4-12(6-11(13)8-17)15-7-14-16-10(2)9-19-14/h4-6,9,15,17H,3,7-8H2,1-2H3. The Hall–Kier alpha value is -1.59. The Bertz CT molecular complexity index is 540. The maximum absolute atomic E-state index is 9.34. The monoisotopic (exact) mass is 278 g/mol. The van der Waals surface area contributed by atoms with Gasteiger partial charge in [-0.1, -0.05) is 0 Å². The zero-order valence-corrected chi connectivity index (χ0v) is 12.0. The molecule has 0 atom stereocenters. The van der Waals surface area contributed by atoms with Gasteiger partial charge in [-0.15, -0.1) is 11.3 Å². The van der Waals surface area contributed by atoms with Gasteiger partial charge in [0.25, 0.3) is 0 Å². The first kappa shape index (κ1) is 13.8. The van der Waals surface area contributed by atoms with Gasteiger partial charge in [0, 0.05) is 22.3 Å². The Kier molecular flexibility index (Phi) is 4.76. The number of nitrogens with zero attached hydrogens (tertiary/aromatic N) is 1. The minimum atomic E-state index is -0.0266. The summed E-state index contributed by atoms with van der Waals surface area (Å²) in [5.41, 5.74) is 2.80. The lowest BCUT2D eigenvalue weighted by molar-refractivity contribution is 0.267. The van der Waals surface area contributed by atoms with E-state index in [-0.39, 0.29) is 6.61 Å². The van der Waals surface area contributed by atoms with Crippen molar-refractivity contribution in [2.45, 2.75) is 27.0 Å². The molecular formula is C14H18N2O2S. The molecule has 0 aliphatic carbocycles. The van der Waals surface area contributed by atoms with Gasteiger partial charge >= 0.3 is 0 Å². The van der Waals surface area contributed by atoms with Gasteiger partial charge < -0.3 is 15.2 Å². The molecule has 0 bridgehead atoms. The number of benzene rings is 1. The van der Waals surface area contributed by atoms with E-state index in [2.05, 4.69) is 10.3 Å². The van der Waals surface area contributed by atoms with Crippen LogP contribution >= 0.6 is 11.3 Å². The molecule has 1 heterocycles. The van der Waals surface area contributed by atoms with Crippen LogP contribution in [0.25, 0.3) is 0 Å². The van der Waals surface area contributed by atoms with E-state index in [1.54, 1.807) is 11.3 Å². The van der Waals surface area contributed by atoms with Crippen molar-refractivity contribution in [2.24, 2.45) is 0 Å². The summed E-state index contributed by atoms with van der Waals surface area (Å²) in [5.74, 6) is 0.737. The molecule has 19 heavy (non-hydrogen) atoms. The molecule has 0 saturated carbocycles. The number of ether oxygens (including phenoxy) is 1. The van der Waals surface area contributed by atoms with E-state index < -0.39 is 0 Å². The Morgan fingerprint density at radius 3 is 2.89 bits per heavy atom. The average molecular weight is 278 g/mol. The van der Waals surface area contributed by atoms with Crippen LogP contribution in [0.2, 0.25) is 0 Å². The Morgan fingerprint density at radius 2 is 2.26 bits per heavy atom. The SMILES string of the molecule is CCOc1ccc(NCc2nc(C)cs2)cc1CO. The third-order valence-corrected chi connectivity index (χ3v) is 3.61. The molecule has 4 nitrogen and oxygen atoms in total. The lowest BCUT2D eigenvalue weighted by Gasteiger charge is -2.11. The van der Waals surface area contributed by atoms with Crippen LogP contribution in [0.15, 0.2) is 23.6 Å². The van der Waals surface area contributed by atoms with Crippen LogP contribution in [-0.2, 0) is 13.2 Å². The van der Waals surface area contributed by atoms with Crippen LogP contribution in [0.5, 0.6) is 5.75 Å². The second-order valence-electron chi connectivity index (χ2n) is 4.15. The number of rotatable bonds is 6. The molecule has 2 rings (SSSR count). The molecule has 0 aliphatic heterocycles. The topological polar surface area (TPSA) is 54.4 Å². The molecule has 0 amide bonds. The molecule has 2 aromatic rings. The number of aliphatic hydroxyl groups is 1. The molecule has 0 radical (unpaired) electrons. The number of thiazole rings is 1. The molecule has 0 spiro atoms. The van der Waals surface area contributed by atoms with Crippen molar-refractivity contribution in [2.75, 3.05) is 11.9 Å². The summed E-state index contributed by atoms with van der Waals surface area (Å²) in [4.78, 5) is 4.40. The molecule has 0 saturated heterocycles. The summed E-state index contributed by atoms with van der Waals surface area (Å²) in [6.45, 7) is 5.18. The van der Waals surface area contributed by atoms with E-state index in [0.29, 0.717) is 13.2 Å². The van der Waals surface area contributed by atoms with Gasteiger partial charge in [-0.2, -0.15) is 0 Å². The first-order valence-electron chi connectivity index (χ1n) is 6.24. The Labute approximate surface area is 117 Å². The lowest BCUT2D eigenvalue weighted by Crippen LogP contribution is -2.02. The third kappa shape index (κ3) is 3.68. The van der Waals surface area contributed by atoms with E-state index in [9.17, 15) is 5.11 Å². The van der Waals surface area contributed by atoms with Crippen molar-refractivity contribution in [1.29, 1.82) is 0 Å². The van der Waals surface area contributed by atoms with Gasteiger partial charge in [-0.25, -0.2) is 4.98 Å². The highest BCUT2D eigenvalue weighted by Gasteiger charge is 2.05. The highest BCUT2D eigenvalue weighted by molar-refractivity contribution is 7.09. The van der Waals surface area contributed by atoms with Crippen LogP contribution < -0.4 is 10.1 Å². The lowest BCUT2D eigenvalue weighted by atomic mass is 10.2. The zero-order chi connectivity index (χ0) is 13.7. The third-order valence-electron chi connectivity index (χ3n) is 2.64. The fourth-order valence-corrected chi connectivity index (χ4v) is 2.48. The summed E-state index contributed by atoms with van der Waals surface area (Å²) in [5, 5.41) is 15.7. The van der Waals surface area contributed by atoms with E-state index in [4.69, 9.17) is 4.74 Å². The highest BCUT2D eigenvalue weighted by Crippen LogP contribution is 2.23. The van der Waals surface area contributed by atoms with E-state index in [0.717, 1.165) is 27.7 Å². The number of aryl methyl sites for hydroxylation is 1. The van der Waals surface area contributed by atoms with Crippen molar-refractivity contribution in [3.8, 4) is 5.75 Å². The fourth-order valence-electron chi connectivity index (χ4n) is 1.77. The molecule has 102 valence electrons. The highest BCUT2D eigenvalue weighted by atomic mass is 32.1. The Balaban J connectivity index is 2.04. The predicted octanol–water partition coefficient (Wildman–Crippen LogP) is 2.95. The number of anilines is 1. The van der Waals surface area contributed by atoms with Gasteiger partial charge in [-0.05, 0) is 32.0 Å². The summed E-state index contributed by atoms with van der Waals surface area (Å²) >= 11 is 1.64. The molecule has 5 heteroatoms. The Morgan fingerprint density at radius 1 is 1.42 bits per heavy atom. The van der Waals surface area contributed by atoms with E-state index in [1.807, 2.05) is 37.4 Å². The quantitative estimate of drug-likeness (QED) is 0.853. The molecule has 1 aromatic carbocycles. The summed E-state index contributed by atoms with van der Waals surface area (Å²) in [6, 6.07) is 5.74. The van der Waals surface area contributed by atoms with Crippen molar-refractivity contribution in [1.82, 2.24) is 4.98 Å². The van der Waals surface area contributed by atoms with Gasteiger partial charge in [-0.3, -0.25) is 0 Å². The van der Waals surface area contributed by atoms with Crippen molar-refractivity contribution >= 4 is 17.0 Å². The molecular weight excluding hydrogens is 260 g/mol. The number of hydrogen-bond acceptors (Lipinski definition) is 5. The number of aliphatic hydroxyl groups excluding tert-OH is 1. The maximum atomic E-state index is 9.34. The number of aromatic nitrogens is 1. The normalized spacial score (nSPS) is 10.5. The second-order valence-corrected chi connectivity index (χ2v) is 5.09. The molecule has 0 fully saturated rings. The molecule has 2 N–H and O–H groups in total. The van der Waals surface area contributed by atoms with Crippen molar-refractivity contribution in [3.63, 3.8) is 0 Å². The second kappa shape index (κ2) is 6.54. The summed E-state index contributed by atoms with van der Waals surface area (Å²) in [6.07, 6.45) is 0. The van der Waals surface area contributed by atoms with Gasteiger partial charge in [0.05, 0.1) is 19.8 Å². The average Bonchev–Trinajstić information content (AvgIpc) is 2.83. The smallest absolute Gasteiger partial charge is 0.124 e. The summed E-state index contributed by atoms with van der Waals surface area (Å²) < 4.78 is 5.45. The number of hydrogen-bond donors (Lipinski definition) is 2. The minimum Gasteiger partial charge on any atom is -0.494 e. The summed E-state index contributed by atoms with van der Waals surface area (Å²) in [7, 11) is 0. The van der Waals surface area contributed by atoms with Gasteiger partial charge in [0.15, 0.2) is 0 Å². The van der Waals surface area contributed by atoms with Crippen LogP contribution in [0, 0.1) is 6.92 Å². The maximum Gasteiger partial charge on any atom is 0.124 e. The molecule has 0 unspecified atom stereocenters. The van der Waals surface area contributed by atoms with Gasteiger partial charge in [0.1, 0.15) is 10.8 Å². The largest absolute Gasteiger partial charge is 0.494 e.